The summed E-state index contributed by atoms with van der Waals surface area (Å²) in [6.45, 7) is 1.94. The van der Waals surface area contributed by atoms with Crippen LogP contribution in [-0.4, -0.2) is 28.7 Å². The number of rotatable bonds is 2. The summed E-state index contributed by atoms with van der Waals surface area (Å²) in [5.74, 6) is -1.39. The molecule has 1 N–H and O–H groups in total. The molecule has 2 aromatic carbocycles. The van der Waals surface area contributed by atoms with E-state index < -0.39 is 17.7 Å². The van der Waals surface area contributed by atoms with Gasteiger partial charge in [-0.25, -0.2) is 0 Å². The van der Waals surface area contributed by atoms with Crippen LogP contribution in [-0.2, 0) is 9.59 Å². The van der Waals surface area contributed by atoms with Gasteiger partial charge in [-0.3, -0.25) is 9.59 Å². The average molecular weight is 307 g/mol. The van der Waals surface area contributed by atoms with E-state index in [2.05, 4.69) is 0 Å². The van der Waals surface area contributed by atoms with Crippen LogP contribution < -0.4 is 0 Å². The Labute approximate surface area is 134 Å². The van der Waals surface area contributed by atoms with Crippen molar-refractivity contribution < 1.29 is 14.7 Å². The Morgan fingerprint density at radius 3 is 2.22 bits per heavy atom. The molecule has 1 amide bonds. The van der Waals surface area contributed by atoms with Gasteiger partial charge in [-0.1, -0.05) is 60.2 Å². The number of hydrogen-bond acceptors (Lipinski definition) is 3. The maximum absolute atomic E-state index is 12.4. The molecule has 116 valence electrons. The third kappa shape index (κ3) is 2.52. The van der Waals surface area contributed by atoms with Crippen LogP contribution in [0.1, 0.15) is 22.7 Å². The minimum absolute atomic E-state index is 0.132. The molecule has 1 aliphatic rings. The zero-order valence-corrected chi connectivity index (χ0v) is 13.0. The molecule has 1 saturated heterocycles. The fourth-order valence-corrected chi connectivity index (χ4v) is 2.84. The number of aliphatic hydroxyl groups excluding tert-OH is 1. The predicted molar refractivity (Wildman–Crippen MR) is 87.7 cm³/mol. The maximum atomic E-state index is 12.4. The summed E-state index contributed by atoms with van der Waals surface area (Å²) in [6.07, 6.45) is 0. The van der Waals surface area contributed by atoms with Crippen molar-refractivity contribution in [2.75, 3.05) is 7.05 Å². The number of carbonyl (C=O) groups is 2. The number of likely N-dealkylation sites (tertiary alicyclic amines) is 1. The van der Waals surface area contributed by atoms with E-state index in [-0.39, 0.29) is 11.3 Å². The van der Waals surface area contributed by atoms with Crippen LogP contribution in [0.2, 0.25) is 0 Å². The first-order chi connectivity index (χ1) is 11.0. The molecule has 4 heteroatoms. The van der Waals surface area contributed by atoms with Crippen molar-refractivity contribution in [3.8, 4) is 0 Å². The van der Waals surface area contributed by atoms with Gasteiger partial charge in [-0.15, -0.1) is 0 Å². The Hall–Kier alpha value is -2.88. The smallest absolute Gasteiger partial charge is 0.295 e. The number of Topliss-reactive ketones (excluding diaryl/α,β-unsaturated/α-hetero) is 1. The van der Waals surface area contributed by atoms with Crippen LogP contribution in [0.4, 0.5) is 0 Å². The molecule has 23 heavy (non-hydrogen) atoms. The number of ketones is 1. The lowest BCUT2D eigenvalue weighted by Gasteiger charge is -2.20. The normalized spacial score (nSPS) is 20.1. The average Bonchev–Trinajstić information content (AvgIpc) is 2.80. The van der Waals surface area contributed by atoms with Crippen molar-refractivity contribution in [1.82, 2.24) is 4.90 Å². The van der Waals surface area contributed by atoms with Gasteiger partial charge in [0, 0.05) is 12.6 Å². The maximum Gasteiger partial charge on any atom is 0.295 e. The molecule has 4 nitrogen and oxygen atoms in total. The van der Waals surface area contributed by atoms with Crippen LogP contribution in [0.15, 0.2) is 60.2 Å². The zero-order valence-electron chi connectivity index (χ0n) is 13.0. The number of hydrogen-bond donors (Lipinski definition) is 1. The second-order valence-electron chi connectivity index (χ2n) is 5.69. The summed E-state index contributed by atoms with van der Waals surface area (Å²) in [6, 6.07) is 15.9. The monoisotopic (exact) mass is 307 g/mol. The lowest BCUT2D eigenvalue weighted by molar-refractivity contribution is -0.139. The van der Waals surface area contributed by atoms with E-state index in [1.54, 1.807) is 19.2 Å². The Bertz CT molecular complexity index is 791. The molecule has 0 aliphatic carbocycles. The molecule has 3 rings (SSSR count). The zero-order chi connectivity index (χ0) is 16.6. The molecule has 1 heterocycles. The number of amides is 1. The summed E-state index contributed by atoms with van der Waals surface area (Å²) in [5, 5.41) is 10.6. The highest BCUT2D eigenvalue weighted by atomic mass is 16.3. The molecule has 2 aromatic rings. The van der Waals surface area contributed by atoms with Gasteiger partial charge in [0.1, 0.15) is 5.76 Å². The van der Waals surface area contributed by atoms with Gasteiger partial charge >= 0.3 is 0 Å². The van der Waals surface area contributed by atoms with E-state index in [0.717, 1.165) is 11.1 Å². The highest BCUT2D eigenvalue weighted by Crippen LogP contribution is 2.38. The second kappa shape index (κ2) is 5.72. The van der Waals surface area contributed by atoms with E-state index >= 15 is 0 Å². The largest absolute Gasteiger partial charge is 0.507 e. The first-order valence-electron chi connectivity index (χ1n) is 7.37. The molecule has 0 radical (unpaired) electrons. The first-order valence-corrected chi connectivity index (χ1v) is 7.37. The third-order valence-corrected chi connectivity index (χ3v) is 4.12. The molecule has 1 atom stereocenters. The molecule has 0 bridgehead atoms. The molecular weight excluding hydrogens is 290 g/mol. The Morgan fingerprint density at radius 2 is 1.61 bits per heavy atom. The molecule has 1 unspecified atom stereocenters. The highest BCUT2D eigenvalue weighted by Gasteiger charge is 2.44. The van der Waals surface area contributed by atoms with Crippen LogP contribution >= 0.6 is 0 Å². The van der Waals surface area contributed by atoms with E-state index in [0.29, 0.717) is 5.56 Å². The van der Waals surface area contributed by atoms with E-state index in [9.17, 15) is 14.7 Å². The summed E-state index contributed by atoms with van der Waals surface area (Å²) in [4.78, 5) is 25.9. The van der Waals surface area contributed by atoms with Gasteiger partial charge in [0.05, 0.1) is 11.6 Å². The van der Waals surface area contributed by atoms with E-state index in [1.165, 1.54) is 4.90 Å². The van der Waals surface area contributed by atoms with Crippen LogP contribution in [0.3, 0.4) is 0 Å². The molecule has 1 fully saturated rings. The Balaban J connectivity index is 2.17. The van der Waals surface area contributed by atoms with Crippen LogP contribution in [0, 0.1) is 6.92 Å². The van der Waals surface area contributed by atoms with Gasteiger partial charge in [-0.05, 0) is 12.5 Å². The van der Waals surface area contributed by atoms with E-state index in [4.69, 9.17) is 0 Å². The molecule has 0 saturated carbocycles. The van der Waals surface area contributed by atoms with E-state index in [1.807, 2.05) is 49.4 Å². The van der Waals surface area contributed by atoms with Crippen molar-refractivity contribution in [2.24, 2.45) is 0 Å². The Kier molecular flexibility index (Phi) is 3.74. The number of aliphatic hydroxyl groups is 1. The van der Waals surface area contributed by atoms with Gasteiger partial charge in [0.25, 0.3) is 11.7 Å². The number of likely N-dealkylation sites (N-methyl/N-ethyl adjacent to an activating group) is 1. The number of nitrogens with zero attached hydrogens (tertiary/aromatic N) is 1. The fraction of sp³-hybridized carbons (Fsp3) is 0.158. The highest BCUT2D eigenvalue weighted by molar-refractivity contribution is 6.46. The van der Waals surface area contributed by atoms with Crippen molar-refractivity contribution in [2.45, 2.75) is 13.0 Å². The summed E-state index contributed by atoms with van der Waals surface area (Å²) < 4.78 is 0. The first kappa shape index (κ1) is 15.0. The van der Waals surface area contributed by atoms with Crippen molar-refractivity contribution >= 4 is 17.4 Å². The molecule has 1 aliphatic heterocycles. The SMILES string of the molecule is Cc1ccc(/C(O)=C2\C(=O)C(=O)N(C)C2c2ccccc2)cc1. The van der Waals surface area contributed by atoms with Gasteiger partial charge < -0.3 is 10.0 Å². The molecular formula is C19H17NO3. The number of aryl methyl sites for hydroxylation is 1. The van der Waals surface area contributed by atoms with Crippen LogP contribution in [0.25, 0.3) is 5.76 Å². The number of carbonyl (C=O) groups excluding carboxylic acids is 2. The standard InChI is InChI=1S/C19H17NO3/c1-12-8-10-14(11-9-12)17(21)15-16(13-6-4-3-5-7-13)20(2)19(23)18(15)22/h3-11,16,21H,1-2H3/b17-15+. The second-order valence-corrected chi connectivity index (χ2v) is 5.69. The number of benzene rings is 2. The topological polar surface area (TPSA) is 57.6 Å². The van der Waals surface area contributed by atoms with Crippen LogP contribution in [0.5, 0.6) is 0 Å². The minimum Gasteiger partial charge on any atom is -0.507 e. The minimum atomic E-state index is -0.653. The fourth-order valence-electron chi connectivity index (χ4n) is 2.84. The van der Waals surface area contributed by atoms with Gasteiger partial charge in [-0.2, -0.15) is 0 Å². The summed E-state index contributed by atoms with van der Waals surface area (Å²) in [5.41, 5.74) is 2.51. The summed E-state index contributed by atoms with van der Waals surface area (Å²) >= 11 is 0. The van der Waals surface area contributed by atoms with Crippen molar-refractivity contribution in [3.05, 3.63) is 76.9 Å². The molecule has 0 spiro atoms. The lowest BCUT2D eigenvalue weighted by Crippen LogP contribution is -2.24. The van der Waals surface area contributed by atoms with Gasteiger partial charge in [0.2, 0.25) is 0 Å². The van der Waals surface area contributed by atoms with Crippen molar-refractivity contribution in [3.63, 3.8) is 0 Å². The Morgan fingerprint density at radius 1 is 1.00 bits per heavy atom. The predicted octanol–water partition coefficient (Wildman–Crippen LogP) is 3.05. The third-order valence-electron chi connectivity index (χ3n) is 4.12. The van der Waals surface area contributed by atoms with Crippen molar-refractivity contribution in [1.29, 1.82) is 0 Å². The lowest BCUT2D eigenvalue weighted by atomic mass is 9.95. The summed E-state index contributed by atoms with van der Waals surface area (Å²) in [7, 11) is 1.58. The van der Waals surface area contributed by atoms with Gasteiger partial charge in [0.15, 0.2) is 0 Å². The molecule has 0 aromatic heterocycles. The quantitative estimate of drug-likeness (QED) is 0.527.